The molecule has 6 nitrogen and oxygen atoms in total. The summed E-state index contributed by atoms with van der Waals surface area (Å²) in [6.45, 7) is 1.81. The molecule has 0 aromatic rings. The summed E-state index contributed by atoms with van der Waals surface area (Å²) in [6.07, 6.45) is 7.54. The molecule has 0 bridgehead atoms. The normalized spacial score (nSPS) is 17.2. The average Bonchev–Trinajstić information content (AvgIpc) is 2.55. The fourth-order valence-corrected chi connectivity index (χ4v) is 2.10. The zero-order chi connectivity index (χ0) is 18.4. The van der Waals surface area contributed by atoms with Gasteiger partial charge in [0.1, 0.15) is 12.2 Å². The third-order valence-electron chi connectivity index (χ3n) is 3.72. The molecule has 0 radical (unpaired) electrons. The lowest BCUT2D eigenvalue weighted by molar-refractivity contribution is -0.137. The van der Waals surface area contributed by atoms with Crippen LogP contribution in [0.2, 0.25) is 0 Å². The van der Waals surface area contributed by atoms with Gasteiger partial charge in [-0.05, 0) is 19.3 Å². The molecule has 0 aliphatic carbocycles. The summed E-state index contributed by atoms with van der Waals surface area (Å²) in [6, 6.07) is 0. The molecular weight excluding hydrogens is 312 g/mol. The third-order valence-corrected chi connectivity index (χ3v) is 3.72. The van der Waals surface area contributed by atoms with E-state index in [0.29, 0.717) is 19.3 Å². The highest BCUT2D eigenvalue weighted by Crippen LogP contribution is 2.10. The lowest BCUT2D eigenvalue weighted by Gasteiger charge is -2.12. The predicted molar refractivity (Wildman–Crippen MR) is 92.6 cm³/mol. The minimum absolute atomic E-state index is 0.204. The second-order valence-corrected chi connectivity index (χ2v) is 5.99. The van der Waals surface area contributed by atoms with Gasteiger partial charge in [-0.25, -0.2) is 0 Å². The van der Waals surface area contributed by atoms with Crippen molar-refractivity contribution in [1.29, 1.82) is 0 Å². The van der Waals surface area contributed by atoms with Crippen molar-refractivity contribution < 1.29 is 30.3 Å². The van der Waals surface area contributed by atoms with Gasteiger partial charge in [0, 0.05) is 6.42 Å². The maximum Gasteiger partial charge on any atom is 0.303 e. The summed E-state index contributed by atoms with van der Waals surface area (Å²) in [5.74, 6) is -0.768. The monoisotopic (exact) mass is 344 g/mol. The molecule has 24 heavy (non-hydrogen) atoms. The lowest BCUT2D eigenvalue weighted by Crippen LogP contribution is -2.22. The number of carbonyl (C=O) groups is 1. The van der Waals surface area contributed by atoms with Crippen LogP contribution < -0.4 is 0 Å². The van der Waals surface area contributed by atoms with E-state index in [1.807, 2.05) is 0 Å². The average molecular weight is 344 g/mol. The van der Waals surface area contributed by atoms with E-state index in [1.54, 1.807) is 6.92 Å². The number of hydrogen-bond acceptors (Lipinski definition) is 5. The third kappa shape index (κ3) is 13.2. The SMILES string of the molecule is CC[C@@H](O)C=C[C@H](O)[C@@H](O)C=C[C@@H](O)CCCCCCCC(=O)O. The molecule has 0 unspecified atom stereocenters. The minimum atomic E-state index is -1.13. The highest BCUT2D eigenvalue weighted by atomic mass is 16.4. The van der Waals surface area contributed by atoms with Crippen molar-refractivity contribution in [2.45, 2.75) is 82.7 Å². The van der Waals surface area contributed by atoms with E-state index in [-0.39, 0.29) is 6.42 Å². The minimum Gasteiger partial charge on any atom is -0.481 e. The summed E-state index contributed by atoms with van der Waals surface area (Å²) in [5.41, 5.74) is 0. The molecule has 0 aliphatic rings. The van der Waals surface area contributed by atoms with E-state index in [0.717, 1.165) is 25.7 Å². The van der Waals surface area contributed by atoms with Crippen LogP contribution in [-0.2, 0) is 4.79 Å². The maximum atomic E-state index is 10.3. The number of aliphatic hydroxyl groups excluding tert-OH is 4. The number of aliphatic carboxylic acids is 1. The van der Waals surface area contributed by atoms with Gasteiger partial charge < -0.3 is 25.5 Å². The van der Waals surface area contributed by atoms with Gasteiger partial charge in [0.05, 0.1) is 12.2 Å². The summed E-state index contributed by atoms with van der Waals surface area (Å²) in [7, 11) is 0. The Balaban J connectivity index is 3.84. The van der Waals surface area contributed by atoms with Crippen LogP contribution >= 0.6 is 0 Å². The van der Waals surface area contributed by atoms with Crippen LogP contribution in [0.5, 0.6) is 0 Å². The molecule has 0 fully saturated rings. The fraction of sp³-hybridized carbons (Fsp3) is 0.722. The van der Waals surface area contributed by atoms with Crippen LogP contribution in [0.25, 0.3) is 0 Å². The second-order valence-electron chi connectivity index (χ2n) is 5.99. The summed E-state index contributed by atoms with van der Waals surface area (Å²) >= 11 is 0. The first-order valence-corrected chi connectivity index (χ1v) is 8.67. The van der Waals surface area contributed by atoms with Crippen LogP contribution in [0.3, 0.4) is 0 Å². The van der Waals surface area contributed by atoms with Crippen molar-refractivity contribution in [2.24, 2.45) is 0 Å². The van der Waals surface area contributed by atoms with Crippen LogP contribution in [-0.4, -0.2) is 55.9 Å². The van der Waals surface area contributed by atoms with Crippen molar-refractivity contribution in [3.05, 3.63) is 24.3 Å². The summed E-state index contributed by atoms with van der Waals surface area (Å²) in [5, 5.41) is 47.1. The van der Waals surface area contributed by atoms with E-state index < -0.39 is 30.4 Å². The van der Waals surface area contributed by atoms with Gasteiger partial charge in [0.15, 0.2) is 0 Å². The molecular formula is C18H32O6. The van der Waals surface area contributed by atoms with Gasteiger partial charge in [0.2, 0.25) is 0 Å². The summed E-state index contributed by atoms with van der Waals surface area (Å²) < 4.78 is 0. The Morgan fingerprint density at radius 1 is 0.792 bits per heavy atom. The molecule has 6 heteroatoms. The van der Waals surface area contributed by atoms with Crippen LogP contribution in [0.1, 0.15) is 58.3 Å². The Morgan fingerprint density at radius 2 is 1.29 bits per heavy atom. The molecule has 0 aliphatic heterocycles. The largest absolute Gasteiger partial charge is 0.481 e. The highest BCUT2D eigenvalue weighted by Gasteiger charge is 2.10. The van der Waals surface area contributed by atoms with Crippen LogP contribution in [0.4, 0.5) is 0 Å². The smallest absolute Gasteiger partial charge is 0.303 e. The highest BCUT2D eigenvalue weighted by molar-refractivity contribution is 5.66. The molecule has 0 saturated carbocycles. The number of hydrogen-bond donors (Lipinski definition) is 5. The van der Waals surface area contributed by atoms with Gasteiger partial charge in [-0.15, -0.1) is 0 Å². The molecule has 4 atom stereocenters. The fourth-order valence-electron chi connectivity index (χ4n) is 2.10. The van der Waals surface area contributed by atoms with Crippen LogP contribution in [0, 0.1) is 0 Å². The van der Waals surface area contributed by atoms with Gasteiger partial charge in [-0.1, -0.05) is 56.9 Å². The molecule has 0 saturated heterocycles. The number of rotatable bonds is 14. The number of aliphatic hydroxyl groups is 4. The molecule has 0 rings (SSSR count). The maximum absolute atomic E-state index is 10.3. The first-order chi connectivity index (χ1) is 11.4. The molecule has 5 N–H and O–H groups in total. The molecule has 0 aromatic heterocycles. The first-order valence-electron chi connectivity index (χ1n) is 8.67. The first kappa shape index (κ1) is 22.8. The van der Waals surface area contributed by atoms with E-state index in [1.165, 1.54) is 24.3 Å². The Bertz CT molecular complexity index is 380. The number of carboxylic acids is 1. The molecule has 0 amide bonds. The van der Waals surface area contributed by atoms with E-state index in [2.05, 4.69) is 0 Å². The predicted octanol–water partition coefficient (Wildman–Crippen LogP) is 1.77. The van der Waals surface area contributed by atoms with E-state index in [4.69, 9.17) is 5.11 Å². The topological polar surface area (TPSA) is 118 Å². The Hall–Kier alpha value is -1.21. The van der Waals surface area contributed by atoms with Gasteiger partial charge in [-0.2, -0.15) is 0 Å². The Kier molecular flexibility index (Phi) is 13.4. The van der Waals surface area contributed by atoms with Crippen molar-refractivity contribution in [1.82, 2.24) is 0 Å². The van der Waals surface area contributed by atoms with E-state index in [9.17, 15) is 25.2 Å². The van der Waals surface area contributed by atoms with E-state index >= 15 is 0 Å². The Labute approximate surface area is 144 Å². The standard InChI is InChI=1S/C18H32O6/c1-2-14(19)10-12-16(21)17(22)13-11-15(20)8-6-4-3-5-7-9-18(23)24/h10-17,19-22H,2-9H2,1H3,(H,23,24)/t14-,15+,16+,17+/m1/s1. The van der Waals surface area contributed by atoms with Crippen molar-refractivity contribution in [3.8, 4) is 0 Å². The molecule has 0 heterocycles. The summed E-state index contributed by atoms with van der Waals surface area (Å²) in [4.78, 5) is 10.3. The zero-order valence-corrected chi connectivity index (χ0v) is 14.4. The molecule has 0 aromatic carbocycles. The van der Waals surface area contributed by atoms with Crippen LogP contribution in [0.15, 0.2) is 24.3 Å². The Morgan fingerprint density at radius 3 is 1.83 bits per heavy atom. The lowest BCUT2D eigenvalue weighted by atomic mass is 10.1. The number of carboxylic acid groups (broad SMARTS) is 1. The molecule has 140 valence electrons. The van der Waals surface area contributed by atoms with Gasteiger partial charge in [0.25, 0.3) is 0 Å². The van der Waals surface area contributed by atoms with Crippen molar-refractivity contribution in [3.63, 3.8) is 0 Å². The quantitative estimate of drug-likeness (QED) is 0.242. The van der Waals surface area contributed by atoms with Gasteiger partial charge in [-0.3, -0.25) is 4.79 Å². The molecule has 0 spiro atoms. The van der Waals surface area contributed by atoms with Crippen molar-refractivity contribution >= 4 is 5.97 Å². The van der Waals surface area contributed by atoms with Crippen molar-refractivity contribution in [2.75, 3.05) is 0 Å². The zero-order valence-electron chi connectivity index (χ0n) is 14.4. The second kappa shape index (κ2) is 14.2. The number of unbranched alkanes of at least 4 members (excludes halogenated alkanes) is 4. The van der Waals surface area contributed by atoms with Gasteiger partial charge >= 0.3 is 5.97 Å².